The van der Waals surface area contributed by atoms with Crippen molar-refractivity contribution in [3.8, 4) is 33.5 Å². The van der Waals surface area contributed by atoms with Crippen molar-refractivity contribution < 1.29 is 14.3 Å². The summed E-state index contributed by atoms with van der Waals surface area (Å²) in [5.41, 5.74) is 6.64. The van der Waals surface area contributed by atoms with Crippen molar-refractivity contribution in [3.05, 3.63) is 90.9 Å². The number of rotatable bonds is 7. The fraction of sp³-hybridized carbons (Fsp3) is 0.281. The average Bonchev–Trinajstić information content (AvgIpc) is 3.66. The summed E-state index contributed by atoms with van der Waals surface area (Å²) in [7, 11) is 1.30. The van der Waals surface area contributed by atoms with Crippen molar-refractivity contribution in [1.82, 2.24) is 20.2 Å². The van der Waals surface area contributed by atoms with Crippen molar-refractivity contribution in [2.45, 2.75) is 38.8 Å². The highest BCUT2D eigenvalue weighted by Crippen LogP contribution is 2.33. The van der Waals surface area contributed by atoms with Gasteiger partial charge in [-0.2, -0.15) is 0 Å². The Hall–Kier alpha value is -4.39. The Morgan fingerprint density at radius 1 is 0.897 bits per heavy atom. The second-order valence-corrected chi connectivity index (χ2v) is 10.3. The Labute approximate surface area is 229 Å². The van der Waals surface area contributed by atoms with Gasteiger partial charge in [0.25, 0.3) is 0 Å². The summed E-state index contributed by atoms with van der Waals surface area (Å²) in [5, 5.41) is 2.69. The van der Waals surface area contributed by atoms with Gasteiger partial charge in [-0.15, -0.1) is 0 Å². The first-order valence-electron chi connectivity index (χ1n) is 13.4. The monoisotopic (exact) mass is 522 g/mol. The van der Waals surface area contributed by atoms with Gasteiger partial charge in [0, 0.05) is 6.54 Å². The van der Waals surface area contributed by atoms with E-state index in [-0.39, 0.29) is 17.9 Å². The molecule has 7 nitrogen and oxygen atoms in total. The van der Waals surface area contributed by atoms with Gasteiger partial charge in [0.15, 0.2) is 0 Å². The molecule has 0 aliphatic carbocycles. The normalized spacial score (nSPS) is 15.8. The number of nitrogens with zero attached hydrogens (tertiary/aromatic N) is 2. The van der Waals surface area contributed by atoms with Crippen LogP contribution in [0.3, 0.4) is 0 Å². The fourth-order valence-corrected chi connectivity index (χ4v) is 5.17. The molecular weight excluding hydrogens is 488 g/mol. The molecule has 5 rings (SSSR count). The van der Waals surface area contributed by atoms with Gasteiger partial charge in [-0.1, -0.05) is 92.7 Å². The number of hydrogen-bond donors (Lipinski definition) is 2. The van der Waals surface area contributed by atoms with Gasteiger partial charge in [-0.25, -0.2) is 9.78 Å². The van der Waals surface area contributed by atoms with Gasteiger partial charge in [-0.05, 0) is 46.6 Å². The smallest absolute Gasteiger partial charge is 0.407 e. The molecule has 2 unspecified atom stereocenters. The molecule has 0 radical (unpaired) electrons. The standard InChI is InChI=1S/C32H34N4O3/c1-21(2)29(35-32(38)39-3)31(37)36-19-7-10-28(36)30-33-20-27(34-30)26-17-15-25(16-18-26)24-13-11-23(12-14-24)22-8-5-4-6-9-22/h4-6,8-9,11-18,20-21,28-29H,7,10,19H2,1-3H3,(H,33,34)(H,35,38). The van der Waals surface area contributed by atoms with Gasteiger partial charge < -0.3 is 19.9 Å². The third-order valence-electron chi connectivity index (χ3n) is 7.36. The molecule has 1 fully saturated rings. The van der Waals surface area contributed by atoms with E-state index in [1.807, 2.05) is 31.0 Å². The first-order chi connectivity index (χ1) is 18.9. The number of aromatic amines is 1. The molecule has 4 aromatic rings. The van der Waals surface area contributed by atoms with Crippen molar-refractivity contribution in [2.24, 2.45) is 5.92 Å². The Bertz CT molecular complexity index is 1410. The van der Waals surface area contributed by atoms with Crippen molar-refractivity contribution >= 4 is 12.0 Å². The number of carbonyl (C=O) groups excluding carboxylic acids is 2. The van der Waals surface area contributed by atoms with Gasteiger partial charge in [0.2, 0.25) is 5.91 Å². The van der Waals surface area contributed by atoms with Crippen LogP contribution < -0.4 is 5.32 Å². The molecule has 1 aliphatic rings. The van der Waals surface area contributed by atoms with Gasteiger partial charge in [0.05, 0.1) is 25.0 Å². The number of amides is 2. The molecule has 1 saturated heterocycles. The zero-order chi connectivity index (χ0) is 27.4. The number of H-pyrrole nitrogens is 1. The summed E-state index contributed by atoms with van der Waals surface area (Å²) in [4.78, 5) is 35.1. The maximum Gasteiger partial charge on any atom is 0.407 e. The second-order valence-electron chi connectivity index (χ2n) is 10.3. The van der Waals surface area contributed by atoms with Crippen LogP contribution in [0.15, 0.2) is 85.1 Å². The molecule has 0 spiro atoms. The van der Waals surface area contributed by atoms with E-state index >= 15 is 0 Å². The lowest BCUT2D eigenvalue weighted by molar-refractivity contribution is -0.135. The summed E-state index contributed by atoms with van der Waals surface area (Å²) in [6, 6.07) is 26.6. The number of hydrogen-bond acceptors (Lipinski definition) is 4. The molecule has 2 N–H and O–H groups in total. The minimum atomic E-state index is -0.651. The average molecular weight is 523 g/mol. The second kappa shape index (κ2) is 11.6. The Morgan fingerprint density at radius 2 is 1.46 bits per heavy atom. The number of imidazole rings is 1. The molecular formula is C32H34N4O3. The molecule has 3 aromatic carbocycles. The van der Waals surface area contributed by atoms with Crippen molar-refractivity contribution in [1.29, 1.82) is 0 Å². The topological polar surface area (TPSA) is 87.3 Å². The lowest BCUT2D eigenvalue weighted by Gasteiger charge is -2.30. The van der Waals surface area contributed by atoms with Crippen LogP contribution in [0.2, 0.25) is 0 Å². The van der Waals surface area contributed by atoms with E-state index in [1.165, 1.54) is 18.2 Å². The van der Waals surface area contributed by atoms with Crippen LogP contribution in [0.5, 0.6) is 0 Å². The van der Waals surface area contributed by atoms with Crippen LogP contribution in [-0.2, 0) is 9.53 Å². The highest BCUT2D eigenvalue weighted by Gasteiger charge is 2.37. The van der Waals surface area contributed by atoms with E-state index in [4.69, 9.17) is 4.74 Å². The van der Waals surface area contributed by atoms with Crippen LogP contribution in [0, 0.1) is 5.92 Å². The first kappa shape index (κ1) is 26.2. The van der Waals surface area contributed by atoms with Crippen LogP contribution in [0.1, 0.15) is 38.6 Å². The van der Waals surface area contributed by atoms with E-state index in [2.05, 4.69) is 88.1 Å². The van der Waals surface area contributed by atoms with E-state index in [1.54, 1.807) is 0 Å². The van der Waals surface area contributed by atoms with Gasteiger partial charge in [0.1, 0.15) is 11.9 Å². The summed E-state index contributed by atoms with van der Waals surface area (Å²) in [6.45, 7) is 4.45. The lowest BCUT2D eigenvalue weighted by Crippen LogP contribution is -2.51. The molecule has 2 amide bonds. The predicted molar refractivity (Wildman–Crippen MR) is 153 cm³/mol. The Kier molecular flexibility index (Phi) is 7.77. The molecule has 39 heavy (non-hydrogen) atoms. The Balaban J connectivity index is 1.30. The lowest BCUT2D eigenvalue weighted by atomic mass is 9.99. The van der Waals surface area contributed by atoms with Gasteiger partial charge in [-0.3, -0.25) is 4.79 Å². The minimum absolute atomic E-state index is 0.0712. The number of alkyl carbamates (subject to hydrolysis) is 1. The SMILES string of the molecule is COC(=O)NC(C(=O)N1CCCC1c1ncc(-c2ccc(-c3ccc(-c4ccccc4)cc3)cc2)[nH]1)C(C)C. The zero-order valence-corrected chi connectivity index (χ0v) is 22.6. The molecule has 0 saturated carbocycles. The highest BCUT2D eigenvalue weighted by molar-refractivity contribution is 5.86. The number of carbonyl (C=O) groups is 2. The molecule has 1 aromatic heterocycles. The number of benzene rings is 3. The molecule has 1 aliphatic heterocycles. The minimum Gasteiger partial charge on any atom is -0.453 e. The summed E-state index contributed by atoms with van der Waals surface area (Å²) in [5.74, 6) is 0.577. The highest BCUT2D eigenvalue weighted by atomic mass is 16.5. The number of ether oxygens (including phenoxy) is 1. The number of likely N-dealkylation sites (tertiary alicyclic amines) is 1. The first-order valence-corrected chi connectivity index (χ1v) is 13.4. The molecule has 7 heteroatoms. The van der Waals surface area contributed by atoms with E-state index in [0.29, 0.717) is 6.54 Å². The molecule has 2 atom stereocenters. The number of nitrogens with one attached hydrogen (secondary N) is 2. The largest absolute Gasteiger partial charge is 0.453 e. The quantitative estimate of drug-likeness (QED) is 0.292. The maximum atomic E-state index is 13.4. The molecule has 0 bridgehead atoms. The van der Waals surface area contributed by atoms with Gasteiger partial charge >= 0.3 is 6.09 Å². The molecule has 2 heterocycles. The molecule has 200 valence electrons. The van der Waals surface area contributed by atoms with Crippen LogP contribution in [0.25, 0.3) is 33.5 Å². The van der Waals surface area contributed by atoms with Crippen LogP contribution >= 0.6 is 0 Å². The predicted octanol–water partition coefficient (Wildman–Crippen LogP) is 6.45. The van der Waals surface area contributed by atoms with Crippen molar-refractivity contribution in [2.75, 3.05) is 13.7 Å². The number of aromatic nitrogens is 2. The Morgan fingerprint density at radius 3 is 2.03 bits per heavy atom. The van der Waals surface area contributed by atoms with Crippen molar-refractivity contribution in [3.63, 3.8) is 0 Å². The third-order valence-corrected chi connectivity index (χ3v) is 7.36. The van der Waals surface area contributed by atoms with E-state index in [9.17, 15) is 9.59 Å². The maximum absolute atomic E-state index is 13.4. The fourth-order valence-electron chi connectivity index (χ4n) is 5.17. The zero-order valence-electron chi connectivity index (χ0n) is 22.6. The summed E-state index contributed by atoms with van der Waals surface area (Å²) >= 11 is 0. The van der Waals surface area contributed by atoms with Crippen LogP contribution in [0.4, 0.5) is 4.79 Å². The summed E-state index contributed by atoms with van der Waals surface area (Å²) < 4.78 is 4.73. The summed E-state index contributed by atoms with van der Waals surface area (Å²) in [6.07, 6.45) is 2.92. The van der Waals surface area contributed by atoms with Crippen LogP contribution in [-0.4, -0.2) is 46.6 Å². The third kappa shape index (κ3) is 5.72. The number of methoxy groups -OCH3 is 1. The van der Waals surface area contributed by atoms with E-state index in [0.717, 1.165) is 41.1 Å². The van der Waals surface area contributed by atoms with E-state index < -0.39 is 12.1 Å².